The molecule has 1 N–H and O–H groups in total. The molecule has 0 aliphatic carbocycles. The molecule has 0 radical (unpaired) electrons. The predicted molar refractivity (Wildman–Crippen MR) is 74.6 cm³/mol. The van der Waals surface area contributed by atoms with Gasteiger partial charge in [-0.1, -0.05) is 18.3 Å². The van der Waals surface area contributed by atoms with Crippen LogP contribution in [0.15, 0.2) is 0 Å². The van der Waals surface area contributed by atoms with Crippen LogP contribution in [-0.4, -0.2) is 53.9 Å². The number of carbonyl (C=O) groups is 1. The molecule has 0 bridgehead atoms. The van der Waals surface area contributed by atoms with E-state index in [9.17, 15) is 4.79 Å². The second kappa shape index (κ2) is 6.81. The number of amides is 1. The van der Waals surface area contributed by atoms with Gasteiger partial charge in [0.15, 0.2) is 0 Å². The van der Waals surface area contributed by atoms with Crippen LogP contribution in [0.5, 0.6) is 0 Å². The van der Waals surface area contributed by atoms with Crippen molar-refractivity contribution in [2.75, 3.05) is 32.1 Å². The van der Waals surface area contributed by atoms with Gasteiger partial charge in [-0.2, -0.15) is 0 Å². The highest BCUT2D eigenvalue weighted by Crippen LogP contribution is 2.20. The number of anilines is 1. The van der Waals surface area contributed by atoms with Gasteiger partial charge in [0.2, 0.25) is 10.1 Å². The zero-order chi connectivity index (χ0) is 13.7. The van der Waals surface area contributed by atoms with Crippen molar-refractivity contribution in [1.29, 1.82) is 0 Å². The van der Waals surface area contributed by atoms with Gasteiger partial charge in [-0.25, -0.2) is 0 Å². The van der Waals surface area contributed by atoms with E-state index in [0.29, 0.717) is 10.1 Å². The lowest BCUT2D eigenvalue weighted by molar-refractivity contribution is 0.0361. The van der Waals surface area contributed by atoms with Crippen molar-refractivity contribution in [2.45, 2.75) is 32.2 Å². The van der Waals surface area contributed by atoms with E-state index in [1.807, 2.05) is 7.05 Å². The number of nitrogens with zero attached hydrogens (tertiary/aromatic N) is 3. The Balaban J connectivity index is 1.95. The van der Waals surface area contributed by atoms with Crippen LogP contribution < -0.4 is 5.32 Å². The normalized spacial score (nSPS) is 16.3. The van der Waals surface area contributed by atoms with Crippen LogP contribution >= 0.6 is 11.3 Å². The largest absolute Gasteiger partial charge is 0.381 e. The summed E-state index contributed by atoms with van der Waals surface area (Å²) in [7, 11) is 1.83. The third kappa shape index (κ3) is 3.63. The standard InChI is InChI=1S/C12H20N4O2S/c1-3-6-13-12-15-14-10(19-12)11(17)16(2)9-4-7-18-8-5-9/h9H,3-8H2,1-2H3,(H,13,15). The van der Waals surface area contributed by atoms with Gasteiger partial charge in [0.25, 0.3) is 5.91 Å². The second-order valence-electron chi connectivity index (χ2n) is 4.60. The van der Waals surface area contributed by atoms with Crippen molar-refractivity contribution in [1.82, 2.24) is 15.1 Å². The first-order valence-corrected chi connectivity index (χ1v) is 7.46. The van der Waals surface area contributed by atoms with Gasteiger partial charge in [-0.15, -0.1) is 10.2 Å². The van der Waals surface area contributed by atoms with Crippen LogP contribution in [0.4, 0.5) is 5.13 Å². The Morgan fingerprint density at radius 1 is 1.47 bits per heavy atom. The Morgan fingerprint density at radius 2 is 2.21 bits per heavy atom. The fraction of sp³-hybridized carbons (Fsp3) is 0.750. The van der Waals surface area contributed by atoms with E-state index >= 15 is 0 Å². The molecular weight excluding hydrogens is 264 g/mol. The maximum absolute atomic E-state index is 12.3. The average molecular weight is 284 g/mol. The van der Waals surface area contributed by atoms with Gasteiger partial charge in [-0.05, 0) is 19.3 Å². The summed E-state index contributed by atoms with van der Waals surface area (Å²) in [6, 6.07) is 0.247. The van der Waals surface area contributed by atoms with Crippen LogP contribution in [0.3, 0.4) is 0 Å². The Labute approximate surface area is 117 Å². The summed E-state index contributed by atoms with van der Waals surface area (Å²) in [6.45, 7) is 4.38. The minimum absolute atomic E-state index is 0.0473. The van der Waals surface area contributed by atoms with E-state index in [0.717, 1.165) is 39.0 Å². The molecule has 2 rings (SSSR count). The number of hydrogen-bond acceptors (Lipinski definition) is 6. The van der Waals surface area contributed by atoms with Crippen LogP contribution in [0.2, 0.25) is 0 Å². The molecule has 6 nitrogen and oxygen atoms in total. The molecule has 0 saturated carbocycles. The summed E-state index contributed by atoms with van der Waals surface area (Å²) >= 11 is 1.32. The first-order chi connectivity index (χ1) is 9.22. The highest BCUT2D eigenvalue weighted by molar-refractivity contribution is 7.17. The molecular formula is C12H20N4O2S. The molecule has 1 aliphatic rings. The second-order valence-corrected chi connectivity index (χ2v) is 5.58. The van der Waals surface area contributed by atoms with E-state index in [1.54, 1.807) is 4.90 Å². The van der Waals surface area contributed by atoms with E-state index in [4.69, 9.17) is 4.74 Å². The van der Waals surface area contributed by atoms with Crippen LogP contribution in [0, 0.1) is 0 Å². The van der Waals surface area contributed by atoms with Crippen LogP contribution in [0.1, 0.15) is 36.0 Å². The molecule has 106 valence electrons. The van der Waals surface area contributed by atoms with Crippen LogP contribution in [0.25, 0.3) is 0 Å². The maximum atomic E-state index is 12.3. The molecule has 1 aromatic heterocycles. The number of nitrogens with one attached hydrogen (secondary N) is 1. The first-order valence-electron chi connectivity index (χ1n) is 6.64. The van der Waals surface area contributed by atoms with Gasteiger partial charge in [0, 0.05) is 32.8 Å². The van der Waals surface area contributed by atoms with Crippen molar-refractivity contribution in [3.63, 3.8) is 0 Å². The van der Waals surface area contributed by atoms with E-state index < -0.39 is 0 Å². The Hall–Kier alpha value is -1.21. The zero-order valence-corrected chi connectivity index (χ0v) is 12.2. The monoisotopic (exact) mass is 284 g/mol. The molecule has 1 aliphatic heterocycles. The third-order valence-corrected chi connectivity index (χ3v) is 4.06. The molecule has 0 aromatic carbocycles. The Morgan fingerprint density at radius 3 is 2.89 bits per heavy atom. The van der Waals surface area contributed by atoms with Crippen molar-refractivity contribution in [3.8, 4) is 0 Å². The fourth-order valence-corrected chi connectivity index (χ4v) is 2.75. The van der Waals surface area contributed by atoms with Gasteiger partial charge in [0.05, 0.1) is 0 Å². The molecule has 19 heavy (non-hydrogen) atoms. The highest BCUT2D eigenvalue weighted by Gasteiger charge is 2.25. The quantitative estimate of drug-likeness (QED) is 0.889. The lowest BCUT2D eigenvalue weighted by Gasteiger charge is -2.30. The summed E-state index contributed by atoms with van der Waals surface area (Å²) in [5.74, 6) is -0.0473. The van der Waals surface area contributed by atoms with Crippen LogP contribution in [-0.2, 0) is 4.74 Å². The number of rotatable bonds is 5. The first kappa shape index (κ1) is 14.2. The lowest BCUT2D eigenvalue weighted by Crippen LogP contribution is -2.40. The summed E-state index contributed by atoms with van der Waals surface area (Å²) in [4.78, 5) is 14.1. The molecule has 0 spiro atoms. The summed E-state index contributed by atoms with van der Waals surface area (Å²) < 4.78 is 5.31. The van der Waals surface area contributed by atoms with Gasteiger partial charge in [-0.3, -0.25) is 4.79 Å². The molecule has 1 fully saturated rings. The van der Waals surface area contributed by atoms with Crippen molar-refractivity contribution >= 4 is 22.4 Å². The van der Waals surface area contributed by atoms with Crippen molar-refractivity contribution < 1.29 is 9.53 Å². The maximum Gasteiger partial charge on any atom is 0.284 e. The molecule has 1 saturated heterocycles. The predicted octanol–water partition coefficient (Wildman–Crippen LogP) is 1.61. The number of ether oxygens (including phenoxy) is 1. The minimum atomic E-state index is -0.0473. The lowest BCUT2D eigenvalue weighted by atomic mass is 10.1. The summed E-state index contributed by atoms with van der Waals surface area (Å²) in [6.07, 6.45) is 2.80. The van der Waals surface area contributed by atoms with Crippen molar-refractivity contribution in [2.24, 2.45) is 0 Å². The summed E-state index contributed by atoms with van der Waals surface area (Å²) in [5.41, 5.74) is 0. The number of hydrogen-bond donors (Lipinski definition) is 1. The van der Waals surface area contributed by atoms with Gasteiger partial charge < -0.3 is 15.0 Å². The zero-order valence-electron chi connectivity index (χ0n) is 11.4. The summed E-state index contributed by atoms with van der Waals surface area (Å²) in [5, 5.41) is 12.3. The molecule has 2 heterocycles. The average Bonchev–Trinajstić information content (AvgIpc) is 2.93. The minimum Gasteiger partial charge on any atom is -0.381 e. The number of carbonyl (C=O) groups excluding carboxylic acids is 1. The van der Waals surface area contributed by atoms with Gasteiger partial charge in [0.1, 0.15) is 0 Å². The Kier molecular flexibility index (Phi) is 5.09. The molecule has 0 unspecified atom stereocenters. The fourth-order valence-electron chi connectivity index (χ4n) is 2.00. The Bertz CT molecular complexity index is 418. The smallest absolute Gasteiger partial charge is 0.284 e. The number of aromatic nitrogens is 2. The van der Waals surface area contributed by atoms with E-state index in [1.165, 1.54) is 11.3 Å². The third-order valence-electron chi connectivity index (χ3n) is 3.19. The van der Waals surface area contributed by atoms with E-state index in [-0.39, 0.29) is 11.9 Å². The van der Waals surface area contributed by atoms with Gasteiger partial charge >= 0.3 is 0 Å². The molecule has 1 aromatic rings. The molecule has 0 atom stereocenters. The van der Waals surface area contributed by atoms with E-state index in [2.05, 4.69) is 22.4 Å². The topological polar surface area (TPSA) is 67.4 Å². The molecule has 1 amide bonds. The SMILES string of the molecule is CCCNc1nnc(C(=O)N(C)C2CCOCC2)s1. The molecule has 7 heteroatoms. The van der Waals surface area contributed by atoms with Crippen molar-refractivity contribution in [3.05, 3.63) is 5.01 Å². The highest BCUT2D eigenvalue weighted by atomic mass is 32.1.